The number of hydrogen-bond acceptors (Lipinski definition) is 5. The van der Waals surface area contributed by atoms with Gasteiger partial charge in [0.15, 0.2) is 0 Å². The maximum absolute atomic E-state index is 14.5. The Balaban J connectivity index is 1.66. The zero-order valence-corrected chi connectivity index (χ0v) is 18.9. The zero-order chi connectivity index (χ0) is 22.4. The molecule has 162 valence electrons. The molecule has 0 radical (unpaired) electrons. The standard InChI is InChI=1S/C23H28FN7/c1-15-13-18(30(29-15)17-10-8-7-9-16(17)24)23(5,6)12-11-19-27-20(22(2,3)4)31-21(28-19)25-14-26-31/h7-10,13-14H,11-12H2,1-6H3. The number of aromatic nitrogens is 7. The van der Waals surface area contributed by atoms with Gasteiger partial charge in [-0.15, -0.1) is 0 Å². The van der Waals surface area contributed by atoms with Crippen LogP contribution in [-0.2, 0) is 17.3 Å². The molecule has 8 heteroatoms. The zero-order valence-electron chi connectivity index (χ0n) is 18.9. The summed E-state index contributed by atoms with van der Waals surface area (Å²) in [4.78, 5) is 13.7. The molecule has 0 bridgehead atoms. The molecule has 0 saturated heterocycles. The molecule has 0 saturated carbocycles. The Labute approximate surface area is 181 Å². The fourth-order valence-electron chi connectivity index (χ4n) is 3.71. The van der Waals surface area contributed by atoms with Crippen molar-refractivity contribution in [3.8, 4) is 5.69 Å². The maximum Gasteiger partial charge on any atom is 0.255 e. The predicted molar refractivity (Wildman–Crippen MR) is 117 cm³/mol. The second-order valence-corrected chi connectivity index (χ2v) is 9.60. The van der Waals surface area contributed by atoms with Gasteiger partial charge in [0, 0.05) is 17.3 Å². The lowest BCUT2D eigenvalue weighted by Gasteiger charge is -2.26. The van der Waals surface area contributed by atoms with Gasteiger partial charge in [-0.1, -0.05) is 46.8 Å². The van der Waals surface area contributed by atoms with Gasteiger partial charge in [-0.05, 0) is 31.5 Å². The normalized spacial score (nSPS) is 12.6. The fraction of sp³-hybridized carbons (Fsp3) is 0.435. The van der Waals surface area contributed by atoms with Gasteiger partial charge in [0.2, 0.25) is 0 Å². The van der Waals surface area contributed by atoms with Crippen molar-refractivity contribution in [3.63, 3.8) is 0 Å². The molecule has 0 unspecified atom stereocenters. The smallest absolute Gasteiger partial charge is 0.234 e. The quantitative estimate of drug-likeness (QED) is 0.479. The molecule has 0 aliphatic rings. The summed E-state index contributed by atoms with van der Waals surface area (Å²) in [5.74, 6) is 1.82. The van der Waals surface area contributed by atoms with E-state index in [-0.39, 0.29) is 16.6 Å². The van der Waals surface area contributed by atoms with E-state index in [9.17, 15) is 4.39 Å². The lowest BCUT2D eigenvalue weighted by Crippen LogP contribution is -2.25. The largest absolute Gasteiger partial charge is 0.255 e. The number of aryl methyl sites for hydroxylation is 2. The second kappa shape index (κ2) is 7.51. The van der Waals surface area contributed by atoms with Crippen molar-refractivity contribution in [3.05, 3.63) is 65.5 Å². The minimum absolute atomic E-state index is 0.195. The van der Waals surface area contributed by atoms with Gasteiger partial charge in [0.1, 0.15) is 29.5 Å². The third kappa shape index (κ3) is 4.06. The number of halogens is 1. The first-order valence-corrected chi connectivity index (χ1v) is 10.5. The van der Waals surface area contributed by atoms with Crippen molar-refractivity contribution in [1.82, 2.24) is 34.3 Å². The van der Waals surface area contributed by atoms with Gasteiger partial charge in [0.25, 0.3) is 5.78 Å². The van der Waals surface area contributed by atoms with E-state index in [0.717, 1.165) is 29.5 Å². The van der Waals surface area contributed by atoms with Crippen LogP contribution in [-0.4, -0.2) is 34.3 Å². The van der Waals surface area contributed by atoms with Crippen LogP contribution in [0.4, 0.5) is 4.39 Å². The van der Waals surface area contributed by atoms with Crippen LogP contribution in [0.1, 0.15) is 64.1 Å². The number of fused-ring (bicyclic) bond motifs is 1. The van der Waals surface area contributed by atoms with Crippen LogP contribution in [0.2, 0.25) is 0 Å². The van der Waals surface area contributed by atoms with Crippen molar-refractivity contribution in [2.24, 2.45) is 0 Å². The minimum atomic E-state index is -0.293. The average molecular weight is 422 g/mol. The van der Waals surface area contributed by atoms with E-state index in [1.165, 1.54) is 12.4 Å². The molecule has 7 nitrogen and oxygen atoms in total. The Morgan fingerprint density at radius 3 is 2.48 bits per heavy atom. The van der Waals surface area contributed by atoms with Crippen molar-refractivity contribution < 1.29 is 4.39 Å². The summed E-state index contributed by atoms with van der Waals surface area (Å²) in [7, 11) is 0. The topological polar surface area (TPSA) is 73.8 Å². The highest BCUT2D eigenvalue weighted by atomic mass is 19.1. The average Bonchev–Trinajstić information content (AvgIpc) is 3.32. The van der Waals surface area contributed by atoms with Crippen LogP contribution in [0.5, 0.6) is 0 Å². The summed E-state index contributed by atoms with van der Waals surface area (Å²) in [5.41, 5.74) is 1.78. The molecular weight excluding hydrogens is 393 g/mol. The lowest BCUT2D eigenvalue weighted by molar-refractivity contribution is 0.440. The van der Waals surface area contributed by atoms with E-state index in [4.69, 9.17) is 4.98 Å². The molecule has 4 aromatic rings. The van der Waals surface area contributed by atoms with E-state index in [2.05, 4.69) is 54.8 Å². The van der Waals surface area contributed by atoms with Crippen molar-refractivity contribution >= 4 is 5.78 Å². The van der Waals surface area contributed by atoms with Crippen LogP contribution in [0, 0.1) is 12.7 Å². The number of nitrogens with zero attached hydrogens (tertiary/aromatic N) is 7. The molecule has 0 aliphatic carbocycles. The van der Waals surface area contributed by atoms with Crippen LogP contribution in [0.3, 0.4) is 0 Å². The molecule has 4 rings (SSSR count). The molecule has 1 aromatic carbocycles. The summed E-state index contributed by atoms with van der Waals surface area (Å²) in [6.07, 6.45) is 2.92. The molecule has 31 heavy (non-hydrogen) atoms. The van der Waals surface area contributed by atoms with Gasteiger partial charge >= 0.3 is 0 Å². The Kier molecular flexibility index (Phi) is 5.11. The highest BCUT2D eigenvalue weighted by Crippen LogP contribution is 2.31. The van der Waals surface area contributed by atoms with Crippen LogP contribution in [0.15, 0.2) is 36.7 Å². The summed E-state index contributed by atoms with van der Waals surface area (Å²) in [6.45, 7) is 12.5. The van der Waals surface area contributed by atoms with Gasteiger partial charge in [0.05, 0.1) is 11.4 Å². The molecule has 0 atom stereocenters. The Morgan fingerprint density at radius 1 is 1.03 bits per heavy atom. The fourth-order valence-corrected chi connectivity index (χ4v) is 3.71. The highest BCUT2D eigenvalue weighted by molar-refractivity contribution is 5.37. The Hall–Kier alpha value is -3.16. The molecule has 0 fully saturated rings. The molecule has 0 N–H and O–H groups in total. The minimum Gasteiger partial charge on any atom is -0.234 e. The van der Waals surface area contributed by atoms with Gasteiger partial charge in [-0.25, -0.2) is 14.1 Å². The SMILES string of the molecule is Cc1cc(C(C)(C)CCc2nc(C(C)(C)C)n3ncnc3n2)n(-c2ccccc2F)n1. The molecular formula is C23H28FN7. The molecule has 0 amide bonds. The van der Waals surface area contributed by atoms with Gasteiger partial charge in [-0.3, -0.25) is 0 Å². The van der Waals surface area contributed by atoms with Crippen LogP contribution in [0.25, 0.3) is 11.5 Å². The first-order chi connectivity index (χ1) is 14.6. The number of benzene rings is 1. The van der Waals surface area contributed by atoms with Gasteiger partial charge in [-0.2, -0.15) is 24.7 Å². The summed E-state index contributed by atoms with van der Waals surface area (Å²) in [5, 5.41) is 8.84. The van der Waals surface area contributed by atoms with Gasteiger partial charge < -0.3 is 0 Å². The Morgan fingerprint density at radius 2 is 1.77 bits per heavy atom. The Bertz CT molecular complexity index is 1230. The van der Waals surface area contributed by atoms with E-state index < -0.39 is 0 Å². The highest BCUT2D eigenvalue weighted by Gasteiger charge is 2.28. The maximum atomic E-state index is 14.5. The van der Waals surface area contributed by atoms with E-state index in [0.29, 0.717) is 17.9 Å². The van der Waals surface area contributed by atoms with Crippen molar-refractivity contribution in [2.75, 3.05) is 0 Å². The molecule has 0 aliphatic heterocycles. The second-order valence-electron chi connectivity index (χ2n) is 9.60. The van der Waals surface area contributed by atoms with E-state index in [1.54, 1.807) is 21.3 Å². The van der Waals surface area contributed by atoms with Crippen molar-refractivity contribution in [2.45, 2.75) is 65.2 Å². The number of rotatable bonds is 5. The first kappa shape index (κ1) is 21.1. The van der Waals surface area contributed by atoms with Crippen molar-refractivity contribution in [1.29, 1.82) is 0 Å². The summed E-state index contributed by atoms with van der Waals surface area (Å²) >= 11 is 0. The third-order valence-electron chi connectivity index (χ3n) is 5.44. The molecule has 3 heterocycles. The first-order valence-electron chi connectivity index (χ1n) is 10.5. The van der Waals surface area contributed by atoms with E-state index >= 15 is 0 Å². The van der Waals surface area contributed by atoms with Crippen LogP contribution < -0.4 is 0 Å². The number of para-hydroxylation sites is 1. The molecule has 3 aromatic heterocycles. The predicted octanol–water partition coefficient (Wildman–Crippen LogP) is 4.36. The lowest BCUT2D eigenvalue weighted by atomic mass is 9.83. The third-order valence-corrected chi connectivity index (χ3v) is 5.44. The molecule has 0 spiro atoms. The monoisotopic (exact) mass is 421 g/mol. The number of hydrogen-bond donors (Lipinski definition) is 0. The van der Waals surface area contributed by atoms with Crippen LogP contribution >= 0.6 is 0 Å². The summed E-state index contributed by atoms with van der Waals surface area (Å²) in [6, 6.07) is 8.74. The summed E-state index contributed by atoms with van der Waals surface area (Å²) < 4.78 is 17.9. The van der Waals surface area contributed by atoms with E-state index in [1.807, 2.05) is 19.1 Å².